The topological polar surface area (TPSA) is 60.4 Å². The summed E-state index contributed by atoms with van der Waals surface area (Å²) in [5.74, 6) is -1.00. The van der Waals surface area contributed by atoms with Gasteiger partial charge in [0.1, 0.15) is 0 Å². The van der Waals surface area contributed by atoms with Crippen LogP contribution in [0.1, 0.15) is 39.0 Å². The molecule has 1 unspecified atom stereocenters. The van der Waals surface area contributed by atoms with Crippen molar-refractivity contribution in [3.8, 4) is 0 Å². The number of carboxylic acid groups (broad SMARTS) is 1. The van der Waals surface area contributed by atoms with Gasteiger partial charge in [0.05, 0.1) is 6.10 Å². The number of hydrogen-bond acceptors (Lipinski definition) is 3. The van der Waals surface area contributed by atoms with Crippen molar-refractivity contribution in [1.82, 2.24) is 0 Å². The number of aliphatic carboxylic acids is 1. The minimum absolute atomic E-state index is 0. The first-order valence-electron chi connectivity index (χ1n) is 4.04. The summed E-state index contributed by atoms with van der Waals surface area (Å²) in [4.78, 5) is 9.94. The largest absolute Gasteiger partial charge is 1.00 e. The van der Waals surface area contributed by atoms with Crippen LogP contribution >= 0.6 is 0 Å². The molecule has 0 aromatic carbocycles. The maximum absolute atomic E-state index is 9.94. The molecule has 1 N–H and O–H groups in total. The third-order valence-corrected chi connectivity index (χ3v) is 1.64. The Hall–Kier alpha value is 1.24. The number of unbranched alkanes of at least 4 members (excludes halogenated alkanes) is 1. The van der Waals surface area contributed by atoms with Crippen molar-refractivity contribution < 1.29 is 73.2 Å². The molecular weight excluding hydrogens is 230 g/mol. The van der Waals surface area contributed by atoms with Crippen LogP contribution in [0.4, 0.5) is 0 Å². The molecule has 0 heterocycles. The van der Waals surface area contributed by atoms with Crippen LogP contribution in [0.15, 0.2) is 0 Å². The van der Waals surface area contributed by atoms with Crippen LogP contribution in [-0.2, 0) is 4.79 Å². The van der Waals surface area contributed by atoms with Gasteiger partial charge in [0, 0.05) is 5.97 Å². The van der Waals surface area contributed by atoms with Crippen LogP contribution in [0.5, 0.6) is 0 Å². The molecule has 0 radical (unpaired) electrons. The molecule has 0 aromatic heterocycles. The standard InChI is InChI=1S/C8H16O3.Rb/c1-2-7(9)5-3-4-6-8(10)11;/h7,9H,2-6H2,1H3,(H,10,11);/q;+1/p-1. The summed E-state index contributed by atoms with van der Waals surface area (Å²) in [5, 5.41) is 19.0. The summed E-state index contributed by atoms with van der Waals surface area (Å²) in [6.07, 6.45) is 2.66. The van der Waals surface area contributed by atoms with Crippen molar-refractivity contribution in [3.05, 3.63) is 0 Å². The van der Waals surface area contributed by atoms with E-state index in [1.807, 2.05) is 6.92 Å². The zero-order valence-corrected chi connectivity index (χ0v) is 12.8. The van der Waals surface area contributed by atoms with Gasteiger partial charge in [-0.25, -0.2) is 0 Å². The van der Waals surface area contributed by atoms with E-state index in [2.05, 4.69) is 0 Å². The van der Waals surface area contributed by atoms with E-state index in [-0.39, 0.29) is 70.7 Å². The maximum Gasteiger partial charge on any atom is 1.00 e. The molecule has 0 saturated carbocycles. The molecule has 0 aliphatic heterocycles. The zero-order chi connectivity index (χ0) is 8.69. The molecule has 0 spiro atoms. The number of carbonyl (C=O) groups is 1. The number of carboxylic acids is 1. The Morgan fingerprint density at radius 3 is 2.50 bits per heavy atom. The fourth-order valence-corrected chi connectivity index (χ4v) is 0.853. The van der Waals surface area contributed by atoms with E-state index in [1.54, 1.807) is 0 Å². The molecule has 0 aliphatic carbocycles. The van der Waals surface area contributed by atoms with Crippen molar-refractivity contribution in [2.45, 2.75) is 45.1 Å². The second-order valence-corrected chi connectivity index (χ2v) is 2.68. The average molecular weight is 245 g/mol. The molecule has 3 nitrogen and oxygen atoms in total. The molecule has 12 heavy (non-hydrogen) atoms. The number of rotatable bonds is 6. The molecule has 0 rings (SSSR count). The van der Waals surface area contributed by atoms with Crippen LogP contribution in [0.25, 0.3) is 0 Å². The smallest absolute Gasteiger partial charge is 0.550 e. The van der Waals surface area contributed by atoms with E-state index < -0.39 is 5.97 Å². The van der Waals surface area contributed by atoms with Crippen molar-refractivity contribution in [3.63, 3.8) is 0 Å². The second kappa shape index (κ2) is 10.3. The Morgan fingerprint density at radius 1 is 1.50 bits per heavy atom. The Balaban J connectivity index is 0. The van der Waals surface area contributed by atoms with Gasteiger partial charge < -0.3 is 15.0 Å². The number of aliphatic hydroxyl groups excluding tert-OH is 1. The normalized spacial score (nSPS) is 11.8. The van der Waals surface area contributed by atoms with Crippen molar-refractivity contribution in [2.75, 3.05) is 0 Å². The van der Waals surface area contributed by atoms with Gasteiger partial charge in [-0.2, -0.15) is 0 Å². The van der Waals surface area contributed by atoms with Crippen LogP contribution < -0.4 is 63.3 Å². The van der Waals surface area contributed by atoms with Crippen LogP contribution in [-0.4, -0.2) is 17.2 Å². The molecular formula is C8H15O3Rb. The third-order valence-electron chi connectivity index (χ3n) is 1.64. The maximum atomic E-state index is 9.94. The summed E-state index contributed by atoms with van der Waals surface area (Å²) in [6, 6.07) is 0. The van der Waals surface area contributed by atoms with Gasteiger partial charge >= 0.3 is 58.2 Å². The van der Waals surface area contributed by atoms with Crippen LogP contribution in [0.2, 0.25) is 0 Å². The first-order chi connectivity index (χ1) is 5.16. The van der Waals surface area contributed by atoms with Gasteiger partial charge in [0.15, 0.2) is 0 Å². The minimum Gasteiger partial charge on any atom is -0.550 e. The van der Waals surface area contributed by atoms with Crippen molar-refractivity contribution >= 4 is 5.97 Å². The third kappa shape index (κ3) is 11.2. The monoisotopic (exact) mass is 244 g/mol. The predicted molar refractivity (Wildman–Crippen MR) is 39.8 cm³/mol. The Labute approximate surface area is 122 Å². The molecule has 0 aliphatic rings. The van der Waals surface area contributed by atoms with Gasteiger partial charge in [-0.05, 0) is 25.7 Å². The first-order valence-corrected chi connectivity index (χ1v) is 4.04. The molecule has 0 aromatic rings. The summed E-state index contributed by atoms with van der Waals surface area (Å²) in [5.41, 5.74) is 0. The molecule has 0 bridgehead atoms. The fourth-order valence-electron chi connectivity index (χ4n) is 0.853. The van der Waals surface area contributed by atoms with E-state index >= 15 is 0 Å². The molecule has 4 heteroatoms. The summed E-state index contributed by atoms with van der Waals surface area (Å²) in [6.45, 7) is 1.91. The van der Waals surface area contributed by atoms with E-state index in [9.17, 15) is 9.90 Å². The van der Waals surface area contributed by atoms with Crippen molar-refractivity contribution in [1.29, 1.82) is 0 Å². The summed E-state index contributed by atoms with van der Waals surface area (Å²) >= 11 is 0. The van der Waals surface area contributed by atoms with Crippen molar-refractivity contribution in [2.24, 2.45) is 0 Å². The Kier molecular flexibility index (Phi) is 13.5. The molecule has 0 fully saturated rings. The van der Waals surface area contributed by atoms with Crippen LogP contribution in [0.3, 0.4) is 0 Å². The molecule has 0 saturated heterocycles. The van der Waals surface area contributed by atoms with E-state index in [0.717, 1.165) is 12.8 Å². The minimum atomic E-state index is -1.00. The fraction of sp³-hybridized carbons (Fsp3) is 0.875. The van der Waals surface area contributed by atoms with Gasteiger partial charge in [-0.15, -0.1) is 0 Å². The van der Waals surface area contributed by atoms with Gasteiger partial charge in [-0.1, -0.05) is 13.3 Å². The second-order valence-electron chi connectivity index (χ2n) is 2.68. The van der Waals surface area contributed by atoms with Gasteiger partial charge in [0.25, 0.3) is 0 Å². The number of aliphatic hydroxyl groups is 1. The van der Waals surface area contributed by atoms with E-state index in [0.29, 0.717) is 12.8 Å². The van der Waals surface area contributed by atoms with Crippen LogP contribution in [0, 0.1) is 0 Å². The number of hydrogen-bond donors (Lipinski definition) is 1. The first kappa shape index (κ1) is 15.7. The average Bonchev–Trinajstić information content (AvgIpc) is 1.97. The summed E-state index contributed by atoms with van der Waals surface area (Å²) in [7, 11) is 0. The molecule has 1 atom stereocenters. The van der Waals surface area contributed by atoms with Gasteiger partial charge in [-0.3, -0.25) is 0 Å². The van der Waals surface area contributed by atoms with E-state index in [4.69, 9.17) is 5.11 Å². The van der Waals surface area contributed by atoms with E-state index in [1.165, 1.54) is 0 Å². The Morgan fingerprint density at radius 2 is 2.08 bits per heavy atom. The zero-order valence-electron chi connectivity index (χ0n) is 7.88. The summed E-state index contributed by atoms with van der Waals surface area (Å²) < 4.78 is 0. The Bertz CT molecular complexity index is 117. The predicted octanol–water partition coefficient (Wildman–Crippen LogP) is -2.93. The number of carbonyl (C=O) groups excluding carboxylic acids is 1. The SMILES string of the molecule is CCC(O)CCCCC(=O)[O-].[Rb+]. The van der Waals surface area contributed by atoms with Gasteiger partial charge in [0.2, 0.25) is 0 Å². The molecule has 66 valence electrons. The quantitative estimate of drug-likeness (QED) is 0.509. The molecule has 0 amide bonds.